The lowest BCUT2D eigenvalue weighted by Crippen LogP contribution is -2.38. The van der Waals surface area contributed by atoms with Crippen molar-refractivity contribution in [2.75, 3.05) is 32.5 Å². The Kier molecular flexibility index (Phi) is 8.49. The van der Waals surface area contributed by atoms with Crippen LogP contribution >= 0.6 is 0 Å². The predicted molar refractivity (Wildman–Crippen MR) is 116 cm³/mol. The number of amides is 1. The van der Waals surface area contributed by atoms with E-state index in [1.54, 1.807) is 0 Å². The highest BCUT2D eigenvalue weighted by Gasteiger charge is 2.08. The Hall–Kier alpha value is -2.86. The van der Waals surface area contributed by atoms with Crippen LogP contribution in [0.4, 0.5) is 5.69 Å². The number of guanidine groups is 1. The Morgan fingerprint density at radius 2 is 1.86 bits per heavy atom. The number of aliphatic imine (C=N–C) groups is 1. The Labute approximate surface area is 168 Å². The van der Waals surface area contributed by atoms with E-state index in [9.17, 15) is 4.79 Å². The van der Waals surface area contributed by atoms with E-state index in [1.165, 1.54) is 5.56 Å². The molecule has 0 aromatic heterocycles. The van der Waals surface area contributed by atoms with Gasteiger partial charge in [-0.2, -0.15) is 0 Å². The molecule has 0 saturated carbocycles. The molecule has 2 rings (SSSR count). The predicted octanol–water partition coefficient (Wildman–Crippen LogP) is 3.00. The highest BCUT2D eigenvalue weighted by Crippen LogP contribution is 2.13. The van der Waals surface area contributed by atoms with Crippen LogP contribution < -0.4 is 16.0 Å². The number of likely N-dealkylation sites (N-methyl/N-ethyl adjacent to an activating group) is 1. The van der Waals surface area contributed by atoms with Crippen LogP contribution in [0.3, 0.4) is 0 Å². The van der Waals surface area contributed by atoms with Crippen molar-refractivity contribution in [3.05, 3.63) is 65.7 Å². The van der Waals surface area contributed by atoms with Crippen molar-refractivity contribution < 1.29 is 4.79 Å². The zero-order valence-corrected chi connectivity index (χ0v) is 17.2. The van der Waals surface area contributed by atoms with E-state index in [-0.39, 0.29) is 11.9 Å². The average molecular weight is 382 g/mol. The molecule has 2 aromatic carbocycles. The first-order valence-electron chi connectivity index (χ1n) is 9.61. The lowest BCUT2D eigenvalue weighted by molar-refractivity contribution is -0.116. The molecular formula is C22H31N5O. The summed E-state index contributed by atoms with van der Waals surface area (Å²) in [5.41, 5.74) is 3.03. The number of nitrogens with one attached hydrogen (secondary N) is 3. The molecule has 2 aromatic rings. The number of benzene rings is 2. The third-order valence-electron chi connectivity index (χ3n) is 4.09. The van der Waals surface area contributed by atoms with Gasteiger partial charge < -0.3 is 20.9 Å². The van der Waals surface area contributed by atoms with Crippen molar-refractivity contribution in [3.63, 3.8) is 0 Å². The molecule has 0 fully saturated rings. The molecule has 6 nitrogen and oxygen atoms in total. The molecule has 0 aliphatic rings. The number of rotatable bonds is 8. The first-order valence-corrected chi connectivity index (χ1v) is 9.61. The number of carbonyl (C=O) groups excluding carboxylic acids is 1. The van der Waals surface area contributed by atoms with Gasteiger partial charge in [-0.25, -0.2) is 4.99 Å². The molecule has 6 heteroatoms. The number of hydrogen-bond donors (Lipinski definition) is 3. The van der Waals surface area contributed by atoms with E-state index in [2.05, 4.69) is 35.0 Å². The second-order valence-corrected chi connectivity index (χ2v) is 6.96. The van der Waals surface area contributed by atoms with Crippen LogP contribution in [-0.4, -0.2) is 44.0 Å². The Morgan fingerprint density at radius 1 is 1.11 bits per heavy atom. The van der Waals surface area contributed by atoms with Gasteiger partial charge in [0.25, 0.3) is 0 Å². The molecule has 0 bridgehead atoms. The molecule has 1 amide bonds. The summed E-state index contributed by atoms with van der Waals surface area (Å²) in [6, 6.07) is 18.2. The maximum Gasteiger partial charge on any atom is 0.238 e. The summed E-state index contributed by atoms with van der Waals surface area (Å²) in [5.74, 6) is 0.734. The fourth-order valence-electron chi connectivity index (χ4n) is 2.76. The van der Waals surface area contributed by atoms with Crippen molar-refractivity contribution in [1.82, 2.24) is 15.5 Å². The number of carbonyl (C=O) groups is 1. The van der Waals surface area contributed by atoms with Crippen molar-refractivity contribution >= 4 is 17.6 Å². The van der Waals surface area contributed by atoms with Crippen molar-refractivity contribution in [2.45, 2.75) is 26.4 Å². The summed E-state index contributed by atoms with van der Waals surface area (Å²) in [7, 11) is 3.74. The number of nitrogens with zero attached hydrogens (tertiary/aromatic N) is 2. The maximum absolute atomic E-state index is 11.9. The topological polar surface area (TPSA) is 68.8 Å². The van der Waals surface area contributed by atoms with Gasteiger partial charge in [-0.3, -0.25) is 4.79 Å². The normalized spacial score (nSPS) is 12.5. The van der Waals surface area contributed by atoms with E-state index >= 15 is 0 Å². The summed E-state index contributed by atoms with van der Waals surface area (Å²) < 4.78 is 0. The van der Waals surface area contributed by atoms with Gasteiger partial charge in [-0.05, 0) is 51.2 Å². The molecule has 0 aliphatic heterocycles. The van der Waals surface area contributed by atoms with Crippen LogP contribution in [-0.2, 0) is 11.3 Å². The third-order valence-corrected chi connectivity index (χ3v) is 4.09. The Balaban J connectivity index is 2.02. The molecule has 0 aliphatic carbocycles. The molecular weight excluding hydrogens is 350 g/mol. The fourth-order valence-corrected chi connectivity index (χ4v) is 2.76. The van der Waals surface area contributed by atoms with Gasteiger partial charge in [-0.1, -0.05) is 42.5 Å². The maximum atomic E-state index is 11.9. The second-order valence-electron chi connectivity index (χ2n) is 6.96. The van der Waals surface area contributed by atoms with Gasteiger partial charge in [0.15, 0.2) is 5.96 Å². The largest absolute Gasteiger partial charge is 0.357 e. The number of hydrogen-bond acceptors (Lipinski definition) is 3. The van der Waals surface area contributed by atoms with Gasteiger partial charge in [-0.15, -0.1) is 0 Å². The van der Waals surface area contributed by atoms with Crippen LogP contribution in [0.15, 0.2) is 59.6 Å². The van der Waals surface area contributed by atoms with Gasteiger partial charge in [0.05, 0.1) is 19.1 Å². The van der Waals surface area contributed by atoms with Crippen LogP contribution in [0.2, 0.25) is 0 Å². The summed E-state index contributed by atoms with van der Waals surface area (Å²) >= 11 is 0. The SMILES string of the molecule is CCNC(=NCc1cccc(NC(=O)CN(C)C)c1)NC(C)c1ccccc1. The first kappa shape index (κ1) is 21.4. The minimum Gasteiger partial charge on any atom is -0.357 e. The van der Waals surface area contributed by atoms with Crippen molar-refractivity contribution in [1.29, 1.82) is 0 Å². The average Bonchev–Trinajstić information content (AvgIpc) is 2.66. The second kappa shape index (κ2) is 11.1. The molecule has 28 heavy (non-hydrogen) atoms. The van der Waals surface area contributed by atoms with E-state index in [0.717, 1.165) is 23.8 Å². The van der Waals surface area contributed by atoms with E-state index in [0.29, 0.717) is 13.1 Å². The van der Waals surface area contributed by atoms with Crippen LogP contribution in [0.1, 0.15) is 31.0 Å². The minimum atomic E-state index is -0.0302. The number of anilines is 1. The molecule has 0 radical (unpaired) electrons. The molecule has 0 saturated heterocycles. The lowest BCUT2D eigenvalue weighted by Gasteiger charge is -2.18. The van der Waals surface area contributed by atoms with Gasteiger partial charge >= 0.3 is 0 Å². The van der Waals surface area contributed by atoms with Gasteiger partial charge in [0.1, 0.15) is 0 Å². The summed E-state index contributed by atoms with van der Waals surface area (Å²) in [5, 5.41) is 9.64. The van der Waals surface area contributed by atoms with E-state index in [1.807, 2.05) is 68.4 Å². The smallest absolute Gasteiger partial charge is 0.238 e. The molecule has 150 valence electrons. The van der Waals surface area contributed by atoms with Crippen LogP contribution in [0, 0.1) is 0 Å². The lowest BCUT2D eigenvalue weighted by atomic mass is 10.1. The zero-order chi connectivity index (χ0) is 20.4. The van der Waals surface area contributed by atoms with Crippen molar-refractivity contribution in [3.8, 4) is 0 Å². The summed E-state index contributed by atoms with van der Waals surface area (Å²) in [6.45, 7) is 5.82. The fraction of sp³-hybridized carbons (Fsp3) is 0.364. The standard InChI is InChI=1S/C22H31N5O/c1-5-23-22(25-17(2)19-11-7-6-8-12-19)24-15-18-10-9-13-20(14-18)26-21(28)16-27(3)4/h6-14,17H,5,15-16H2,1-4H3,(H,26,28)(H2,23,24,25). The van der Waals surface area contributed by atoms with E-state index < -0.39 is 0 Å². The minimum absolute atomic E-state index is 0.0302. The molecule has 1 unspecified atom stereocenters. The molecule has 1 atom stereocenters. The van der Waals surface area contributed by atoms with Gasteiger partial charge in [0, 0.05) is 12.2 Å². The third kappa shape index (κ3) is 7.40. The Bertz CT molecular complexity index is 774. The van der Waals surface area contributed by atoms with E-state index in [4.69, 9.17) is 4.99 Å². The zero-order valence-electron chi connectivity index (χ0n) is 17.2. The quantitative estimate of drug-likeness (QED) is 0.486. The molecule has 0 spiro atoms. The Morgan fingerprint density at radius 3 is 2.54 bits per heavy atom. The van der Waals surface area contributed by atoms with Crippen molar-refractivity contribution in [2.24, 2.45) is 4.99 Å². The summed E-state index contributed by atoms with van der Waals surface area (Å²) in [4.78, 5) is 18.5. The van der Waals surface area contributed by atoms with Crippen LogP contribution in [0.25, 0.3) is 0 Å². The first-order chi connectivity index (χ1) is 13.5. The highest BCUT2D eigenvalue weighted by atomic mass is 16.2. The molecule has 3 N–H and O–H groups in total. The van der Waals surface area contributed by atoms with Gasteiger partial charge in [0.2, 0.25) is 5.91 Å². The molecule has 0 heterocycles. The van der Waals surface area contributed by atoms with Crippen LogP contribution in [0.5, 0.6) is 0 Å². The monoisotopic (exact) mass is 381 g/mol. The highest BCUT2D eigenvalue weighted by molar-refractivity contribution is 5.92. The summed E-state index contributed by atoms with van der Waals surface area (Å²) in [6.07, 6.45) is 0.